The molecule has 0 aromatic heterocycles. The molecule has 2 saturated carbocycles. The van der Waals surface area contributed by atoms with Crippen molar-refractivity contribution in [3.8, 4) is 0 Å². The number of hydrogen-bond donors (Lipinski definition) is 0. The maximum atomic E-state index is 13.1. The van der Waals surface area contributed by atoms with E-state index in [1.165, 1.54) is 82.1 Å². The fourth-order valence-electron chi connectivity index (χ4n) is 6.04. The third-order valence-corrected chi connectivity index (χ3v) is 8.80. The summed E-state index contributed by atoms with van der Waals surface area (Å²) < 4.78 is 39.3. The van der Waals surface area contributed by atoms with Gasteiger partial charge in [0.2, 0.25) is 0 Å². The van der Waals surface area contributed by atoms with Crippen molar-refractivity contribution in [1.29, 1.82) is 0 Å². The molecule has 0 aliphatic heterocycles. The molecule has 2 aromatic rings. The van der Waals surface area contributed by atoms with E-state index in [0.717, 1.165) is 17.4 Å². The quantitative estimate of drug-likeness (QED) is 0.287. The normalized spacial score (nSPS) is 16.8. The highest BCUT2D eigenvalue weighted by molar-refractivity contribution is 5.26. The van der Waals surface area contributed by atoms with Crippen LogP contribution in [0.3, 0.4) is 0 Å². The van der Waals surface area contributed by atoms with Gasteiger partial charge in [-0.2, -0.15) is 0 Å². The van der Waals surface area contributed by atoms with Gasteiger partial charge in [0.1, 0.15) is 17.5 Å². The van der Waals surface area contributed by atoms with Gasteiger partial charge in [0, 0.05) is 5.56 Å². The molecule has 2 aromatic carbocycles. The molecule has 0 nitrogen and oxygen atoms in total. The zero-order valence-electron chi connectivity index (χ0n) is 29.2. The molecular weight excluding hydrogens is 525 g/mol. The first kappa shape index (κ1) is 38.3. The largest absolute Gasteiger partial charge is 0.207 e. The van der Waals surface area contributed by atoms with Gasteiger partial charge in [-0.05, 0) is 82.9 Å². The minimum Gasteiger partial charge on any atom is -0.207 e. The van der Waals surface area contributed by atoms with Gasteiger partial charge in [-0.25, -0.2) is 13.2 Å². The van der Waals surface area contributed by atoms with Gasteiger partial charge in [0.05, 0.1) is 0 Å². The van der Waals surface area contributed by atoms with Crippen LogP contribution in [0, 0.1) is 40.1 Å². The molecule has 0 unspecified atom stereocenters. The van der Waals surface area contributed by atoms with E-state index < -0.39 is 17.0 Å². The summed E-state index contributed by atoms with van der Waals surface area (Å²) in [6.07, 6.45) is 13.3. The summed E-state index contributed by atoms with van der Waals surface area (Å²) in [6, 6.07) is 10.8. The molecule has 0 saturated heterocycles. The lowest BCUT2D eigenvalue weighted by Crippen LogP contribution is -2.22. The van der Waals surface area contributed by atoms with Crippen molar-refractivity contribution >= 4 is 0 Å². The van der Waals surface area contributed by atoms with E-state index in [0.29, 0.717) is 10.8 Å². The first-order valence-electron chi connectivity index (χ1n) is 16.3. The Bertz CT molecular complexity index is 1010. The molecule has 3 heteroatoms. The molecular formula is C39H63F3. The summed E-state index contributed by atoms with van der Waals surface area (Å²) in [5.74, 6) is 0.962. The highest BCUT2D eigenvalue weighted by Crippen LogP contribution is 2.39. The van der Waals surface area contributed by atoms with E-state index in [4.69, 9.17) is 0 Å². The SMILES string of the molecule is CC(C)(C)C1CCCC1.CC(C)(C)C1CCCCC1.CC(C)(C)c1c(F)cccc1F.CC(C)(C)c1ccccc1F. The van der Waals surface area contributed by atoms with Crippen LogP contribution in [-0.2, 0) is 10.8 Å². The zero-order valence-corrected chi connectivity index (χ0v) is 29.2. The standard InChI is InChI=1S/C10H12F2.C10H13F.C10H20.C9H18/c1-10(2,3)9-7(11)5-4-6-8(9)12;1-10(2,3)8-6-4-5-7-9(8)11;1-10(2,3)9-7-5-4-6-8-9;1-9(2,3)8-6-4-5-7-8/h4-6H,1-3H3;4-7H,1-3H3;9H,4-8H2,1-3H3;8H,4-7H2,1-3H3. The maximum Gasteiger partial charge on any atom is 0.129 e. The Morgan fingerprint density at radius 3 is 1.07 bits per heavy atom. The summed E-state index contributed by atoms with van der Waals surface area (Å²) in [5.41, 5.74) is 1.52. The first-order chi connectivity index (χ1) is 19.2. The van der Waals surface area contributed by atoms with Crippen LogP contribution in [0.1, 0.15) is 152 Å². The van der Waals surface area contributed by atoms with E-state index in [9.17, 15) is 13.2 Å². The van der Waals surface area contributed by atoms with Gasteiger partial charge in [0.15, 0.2) is 0 Å². The molecule has 42 heavy (non-hydrogen) atoms. The summed E-state index contributed by atoms with van der Waals surface area (Å²) in [6.45, 7) is 25.6. The van der Waals surface area contributed by atoms with Crippen LogP contribution in [-0.4, -0.2) is 0 Å². The third-order valence-electron chi connectivity index (χ3n) is 8.80. The molecule has 2 aliphatic carbocycles. The number of hydrogen-bond acceptors (Lipinski definition) is 0. The summed E-state index contributed by atoms with van der Waals surface area (Å²) >= 11 is 0. The van der Waals surface area contributed by atoms with Gasteiger partial charge < -0.3 is 0 Å². The Balaban J connectivity index is 0.000000281. The lowest BCUT2D eigenvalue weighted by atomic mass is 9.72. The summed E-state index contributed by atoms with van der Waals surface area (Å²) in [4.78, 5) is 0. The Labute approximate surface area is 258 Å². The molecule has 2 aliphatic rings. The molecule has 0 amide bonds. The molecule has 0 heterocycles. The van der Waals surface area contributed by atoms with Crippen LogP contribution in [0.25, 0.3) is 0 Å². The lowest BCUT2D eigenvalue weighted by molar-refractivity contribution is 0.180. The van der Waals surface area contributed by atoms with E-state index >= 15 is 0 Å². The van der Waals surface area contributed by atoms with Crippen LogP contribution in [0.2, 0.25) is 0 Å². The number of halogens is 3. The minimum atomic E-state index is -0.477. The Kier molecular flexibility index (Phi) is 14.9. The number of rotatable bonds is 0. The number of benzene rings is 2. The molecule has 4 rings (SSSR count). The Morgan fingerprint density at radius 2 is 0.810 bits per heavy atom. The van der Waals surface area contributed by atoms with E-state index in [1.54, 1.807) is 26.8 Å². The van der Waals surface area contributed by atoms with E-state index in [-0.39, 0.29) is 16.8 Å². The predicted molar refractivity (Wildman–Crippen MR) is 178 cm³/mol. The molecule has 2 fully saturated rings. The van der Waals surface area contributed by atoms with Crippen LogP contribution in [0.5, 0.6) is 0 Å². The fraction of sp³-hybridized carbons (Fsp3) is 0.692. The zero-order chi connectivity index (χ0) is 32.4. The first-order valence-corrected chi connectivity index (χ1v) is 16.3. The summed E-state index contributed by atoms with van der Waals surface area (Å²) in [5, 5.41) is 0. The summed E-state index contributed by atoms with van der Waals surface area (Å²) in [7, 11) is 0. The van der Waals surface area contributed by atoms with Gasteiger partial charge in [0.25, 0.3) is 0 Å². The molecule has 0 bridgehead atoms. The second-order valence-corrected chi connectivity index (χ2v) is 16.6. The Hall–Kier alpha value is -1.77. The fourth-order valence-corrected chi connectivity index (χ4v) is 6.04. The van der Waals surface area contributed by atoms with Crippen LogP contribution in [0.15, 0.2) is 42.5 Å². The molecule has 0 N–H and O–H groups in total. The van der Waals surface area contributed by atoms with E-state index in [2.05, 4.69) is 41.5 Å². The van der Waals surface area contributed by atoms with Gasteiger partial charge in [-0.15, -0.1) is 0 Å². The molecule has 0 radical (unpaired) electrons. The Morgan fingerprint density at radius 1 is 0.452 bits per heavy atom. The molecule has 0 atom stereocenters. The van der Waals surface area contributed by atoms with Crippen LogP contribution in [0.4, 0.5) is 13.2 Å². The average Bonchev–Trinajstić information content (AvgIpc) is 3.40. The monoisotopic (exact) mass is 588 g/mol. The van der Waals surface area contributed by atoms with Crippen molar-refractivity contribution in [2.45, 2.75) is 152 Å². The second kappa shape index (κ2) is 16.3. The smallest absolute Gasteiger partial charge is 0.129 e. The van der Waals surface area contributed by atoms with Crippen molar-refractivity contribution in [1.82, 2.24) is 0 Å². The third kappa shape index (κ3) is 13.7. The van der Waals surface area contributed by atoms with Gasteiger partial charge in [-0.1, -0.05) is 139 Å². The molecule has 0 spiro atoms. The lowest BCUT2D eigenvalue weighted by Gasteiger charge is -2.33. The topological polar surface area (TPSA) is 0 Å². The van der Waals surface area contributed by atoms with Crippen LogP contribution < -0.4 is 0 Å². The van der Waals surface area contributed by atoms with Crippen molar-refractivity contribution in [2.24, 2.45) is 22.7 Å². The van der Waals surface area contributed by atoms with Gasteiger partial charge in [-0.3, -0.25) is 0 Å². The maximum absolute atomic E-state index is 13.1. The van der Waals surface area contributed by atoms with Crippen molar-refractivity contribution < 1.29 is 13.2 Å². The molecule has 240 valence electrons. The second-order valence-electron chi connectivity index (χ2n) is 16.6. The minimum absolute atomic E-state index is 0.0919. The van der Waals surface area contributed by atoms with E-state index in [1.807, 2.05) is 32.9 Å². The van der Waals surface area contributed by atoms with Crippen molar-refractivity contribution in [3.63, 3.8) is 0 Å². The highest BCUT2D eigenvalue weighted by Gasteiger charge is 2.27. The van der Waals surface area contributed by atoms with Gasteiger partial charge >= 0.3 is 0 Å². The van der Waals surface area contributed by atoms with Crippen molar-refractivity contribution in [2.75, 3.05) is 0 Å². The predicted octanol–water partition coefficient (Wildman–Crippen LogP) is 13.2. The van der Waals surface area contributed by atoms with Crippen molar-refractivity contribution in [3.05, 3.63) is 71.0 Å². The van der Waals surface area contributed by atoms with Crippen LogP contribution >= 0.6 is 0 Å². The average molecular weight is 589 g/mol. The highest BCUT2D eigenvalue weighted by atomic mass is 19.1.